The van der Waals surface area contributed by atoms with Gasteiger partial charge in [-0.2, -0.15) is 0 Å². The Morgan fingerprint density at radius 1 is 1.41 bits per heavy atom. The zero-order valence-electron chi connectivity index (χ0n) is 10.8. The van der Waals surface area contributed by atoms with Gasteiger partial charge in [-0.3, -0.25) is 4.79 Å². The molecule has 0 spiro atoms. The van der Waals surface area contributed by atoms with Crippen molar-refractivity contribution in [3.63, 3.8) is 0 Å². The van der Waals surface area contributed by atoms with Crippen LogP contribution in [0.5, 0.6) is 0 Å². The highest BCUT2D eigenvalue weighted by atomic mass is 32.2. The van der Waals surface area contributed by atoms with Gasteiger partial charge in [-0.25, -0.2) is 8.78 Å². The number of hydrogen-bond donors (Lipinski definition) is 0. The van der Waals surface area contributed by atoms with Crippen LogP contribution in [0.1, 0.15) is 46.0 Å². The third kappa shape index (κ3) is 9.39. The highest BCUT2D eigenvalue weighted by Gasteiger charge is 2.22. The summed E-state index contributed by atoms with van der Waals surface area (Å²) in [5, 5.41) is -0.203. The fourth-order valence-electron chi connectivity index (χ4n) is 1.40. The number of carbonyl (C=O) groups excluding carboxylic acids is 1. The van der Waals surface area contributed by atoms with Crippen LogP contribution < -0.4 is 0 Å². The number of ether oxygens (including phenoxy) is 1. The summed E-state index contributed by atoms with van der Waals surface area (Å²) in [5.74, 6) is -2.27. The fraction of sp³-hybridized carbons (Fsp3) is 0.917. The predicted octanol–water partition coefficient (Wildman–Crippen LogP) is 3.89. The minimum absolute atomic E-state index is 0.123. The first-order chi connectivity index (χ1) is 7.90. The van der Waals surface area contributed by atoms with Gasteiger partial charge in [0.25, 0.3) is 0 Å². The van der Waals surface area contributed by atoms with Gasteiger partial charge < -0.3 is 4.74 Å². The number of methoxy groups -OCH3 is 1. The van der Waals surface area contributed by atoms with Gasteiger partial charge in [0.05, 0.1) is 7.11 Å². The van der Waals surface area contributed by atoms with Gasteiger partial charge in [-0.05, 0) is 25.5 Å². The Balaban J connectivity index is 3.87. The van der Waals surface area contributed by atoms with E-state index in [0.717, 1.165) is 26.2 Å². The molecule has 0 aliphatic heterocycles. The highest BCUT2D eigenvalue weighted by Crippen LogP contribution is 2.24. The second-order valence-corrected chi connectivity index (χ2v) is 5.51. The average molecular weight is 268 g/mol. The molecule has 1 unspecified atom stereocenters. The molecule has 0 aliphatic rings. The Bertz CT molecular complexity index is 217. The molecule has 0 saturated carbocycles. The average Bonchev–Trinajstić information content (AvgIpc) is 2.25. The molecule has 0 rings (SSSR count). The topological polar surface area (TPSA) is 26.3 Å². The molecule has 0 bridgehead atoms. The van der Waals surface area contributed by atoms with Crippen molar-refractivity contribution >= 4 is 17.7 Å². The lowest BCUT2D eigenvalue weighted by Gasteiger charge is -2.14. The zero-order chi connectivity index (χ0) is 13.3. The summed E-state index contributed by atoms with van der Waals surface area (Å²) in [6.07, 6.45) is 3.03. The number of carbonyl (C=O) groups is 1. The third-order valence-corrected chi connectivity index (χ3v) is 3.72. The number of hydrogen-bond acceptors (Lipinski definition) is 3. The lowest BCUT2D eigenvalue weighted by atomic mass is 10.2. The van der Waals surface area contributed by atoms with E-state index in [2.05, 4.69) is 6.92 Å². The first-order valence-electron chi connectivity index (χ1n) is 5.98. The van der Waals surface area contributed by atoms with Gasteiger partial charge in [0.1, 0.15) is 5.25 Å². The molecular formula is C12H22F2O2S. The molecular weight excluding hydrogens is 246 g/mol. The fourth-order valence-corrected chi connectivity index (χ4v) is 2.56. The Labute approximate surface area is 106 Å². The van der Waals surface area contributed by atoms with Gasteiger partial charge in [0.15, 0.2) is 0 Å². The van der Waals surface area contributed by atoms with Gasteiger partial charge in [0.2, 0.25) is 5.92 Å². The molecule has 17 heavy (non-hydrogen) atoms. The molecule has 0 amide bonds. The minimum atomic E-state index is -2.61. The molecule has 0 heterocycles. The van der Waals surface area contributed by atoms with E-state index in [1.807, 2.05) is 0 Å². The van der Waals surface area contributed by atoms with Gasteiger partial charge in [-0.15, -0.1) is 11.8 Å². The Hall–Kier alpha value is -0.320. The molecule has 0 saturated heterocycles. The van der Waals surface area contributed by atoms with Crippen LogP contribution >= 0.6 is 11.8 Å². The van der Waals surface area contributed by atoms with Crippen LogP contribution in [0.4, 0.5) is 8.78 Å². The molecule has 0 N–H and O–H groups in total. The largest absolute Gasteiger partial charge is 0.468 e. The highest BCUT2D eigenvalue weighted by molar-refractivity contribution is 8.00. The Morgan fingerprint density at radius 3 is 2.53 bits per heavy atom. The van der Waals surface area contributed by atoms with E-state index < -0.39 is 5.92 Å². The van der Waals surface area contributed by atoms with Crippen LogP contribution in [-0.2, 0) is 9.53 Å². The molecule has 0 aromatic carbocycles. The zero-order valence-corrected chi connectivity index (χ0v) is 11.6. The van der Waals surface area contributed by atoms with Crippen LogP contribution in [0, 0.1) is 0 Å². The van der Waals surface area contributed by atoms with Gasteiger partial charge in [0, 0.05) is 6.42 Å². The summed E-state index contributed by atoms with van der Waals surface area (Å²) in [6.45, 7) is 2.98. The van der Waals surface area contributed by atoms with Crippen molar-refractivity contribution in [1.82, 2.24) is 0 Å². The predicted molar refractivity (Wildman–Crippen MR) is 67.6 cm³/mol. The second kappa shape index (κ2) is 8.72. The Kier molecular flexibility index (Phi) is 8.56. The molecule has 102 valence electrons. The standard InChI is InChI=1S/C12H22F2O2S/c1-4-5-7-10(11(15)16-3)17-9-6-8-12(2,13)14/h10H,4-9H2,1-3H3. The third-order valence-electron chi connectivity index (χ3n) is 2.36. The maximum Gasteiger partial charge on any atom is 0.318 e. The number of halogens is 2. The van der Waals surface area contributed by atoms with Crippen LogP contribution in [0.25, 0.3) is 0 Å². The second-order valence-electron chi connectivity index (χ2n) is 4.20. The summed E-state index contributed by atoms with van der Waals surface area (Å²) in [4.78, 5) is 11.4. The van der Waals surface area contributed by atoms with Crippen molar-refractivity contribution in [1.29, 1.82) is 0 Å². The van der Waals surface area contributed by atoms with Crippen molar-refractivity contribution in [3.05, 3.63) is 0 Å². The van der Waals surface area contributed by atoms with Crippen molar-refractivity contribution in [2.45, 2.75) is 57.1 Å². The summed E-state index contributed by atoms with van der Waals surface area (Å²) >= 11 is 1.43. The molecule has 1 atom stereocenters. The monoisotopic (exact) mass is 268 g/mol. The molecule has 2 nitrogen and oxygen atoms in total. The lowest BCUT2D eigenvalue weighted by Crippen LogP contribution is -2.19. The molecule has 0 aromatic rings. The van der Waals surface area contributed by atoms with Crippen molar-refractivity contribution in [2.75, 3.05) is 12.9 Å². The van der Waals surface area contributed by atoms with Crippen molar-refractivity contribution in [2.24, 2.45) is 0 Å². The van der Waals surface area contributed by atoms with E-state index in [4.69, 9.17) is 4.74 Å². The number of unbranched alkanes of at least 4 members (excludes halogenated alkanes) is 1. The normalized spacial score (nSPS) is 13.5. The lowest BCUT2D eigenvalue weighted by molar-refractivity contribution is -0.140. The molecule has 0 aromatic heterocycles. The SMILES string of the molecule is CCCCC(SCCCC(C)(F)F)C(=O)OC. The maximum atomic E-state index is 12.6. The summed E-state index contributed by atoms with van der Waals surface area (Å²) in [6, 6.07) is 0. The van der Waals surface area contributed by atoms with Crippen molar-refractivity contribution in [3.8, 4) is 0 Å². The van der Waals surface area contributed by atoms with Crippen molar-refractivity contribution < 1.29 is 18.3 Å². The van der Waals surface area contributed by atoms with Gasteiger partial charge >= 0.3 is 5.97 Å². The van der Waals surface area contributed by atoms with Crippen LogP contribution in [0.3, 0.4) is 0 Å². The van der Waals surface area contributed by atoms with Crippen LogP contribution in [0.15, 0.2) is 0 Å². The maximum absolute atomic E-state index is 12.6. The molecule has 0 radical (unpaired) electrons. The number of esters is 1. The van der Waals surface area contributed by atoms with E-state index in [1.165, 1.54) is 18.9 Å². The van der Waals surface area contributed by atoms with Crippen LogP contribution in [-0.4, -0.2) is 30.0 Å². The first-order valence-corrected chi connectivity index (χ1v) is 7.03. The molecule has 0 fully saturated rings. The Morgan fingerprint density at radius 2 is 2.06 bits per heavy atom. The van der Waals surface area contributed by atoms with Crippen LogP contribution in [0.2, 0.25) is 0 Å². The molecule has 0 aliphatic carbocycles. The van der Waals surface area contributed by atoms with E-state index in [-0.39, 0.29) is 17.6 Å². The number of thioether (sulfide) groups is 1. The minimum Gasteiger partial charge on any atom is -0.468 e. The number of rotatable bonds is 9. The summed E-state index contributed by atoms with van der Waals surface area (Å²) < 4.78 is 29.8. The van der Waals surface area contributed by atoms with E-state index in [9.17, 15) is 13.6 Å². The quantitative estimate of drug-likeness (QED) is 0.469. The first kappa shape index (κ1) is 16.7. The van der Waals surface area contributed by atoms with E-state index in [0.29, 0.717) is 12.2 Å². The summed E-state index contributed by atoms with van der Waals surface area (Å²) in [7, 11) is 1.36. The summed E-state index contributed by atoms with van der Waals surface area (Å²) in [5.41, 5.74) is 0. The smallest absolute Gasteiger partial charge is 0.318 e. The van der Waals surface area contributed by atoms with E-state index in [1.54, 1.807) is 0 Å². The van der Waals surface area contributed by atoms with E-state index >= 15 is 0 Å². The van der Waals surface area contributed by atoms with Gasteiger partial charge in [-0.1, -0.05) is 19.8 Å². The molecule has 5 heteroatoms. The number of alkyl halides is 2.